The summed E-state index contributed by atoms with van der Waals surface area (Å²) in [5, 5.41) is 10.8. The lowest BCUT2D eigenvalue weighted by atomic mass is 9.88. The first-order valence-corrected chi connectivity index (χ1v) is 7.46. The van der Waals surface area contributed by atoms with Crippen LogP contribution in [0.15, 0.2) is 42.7 Å². The number of nitrogens with one attached hydrogen (secondary N) is 2. The number of hydrogen-bond donors (Lipinski definition) is 2. The van der Waals surface area contributed by atoms with Gasteiger partial charge >= 0.3 is 0 Å². The van der Waals surface area contributed by atoms with Crippen LogP contribution in [0.4, 0.5) is 5.69 Å². The molecule has 2 aromatic rings. The zero-order chi connectivity index (χ0) is 14.2. The van der Waals surface area contributed by atoms with Crippen LogP contribution in [-0.4, -0.2) is 27.8 Å². The molecule has 0 saturated carbocycles. The average Bonchev–Trinajstić information content (AvgIpc) is 3.24. The summed E-state index contributed by atoms with van der Waals surface area (Å²) < 4.78 is 1.79. The fourth-order valence-electron chi connectivity index (χ4n) is 3.50. The Morgan fingerprint density at radius 2 is 2.29 bits per heavy atom. The molecule has 3 heterocycles. The molecule has 2 N–H and O–H groups in total. The Bertz CT molecular complexity index is 652. The molecular weight excluding hydrogens is 264 g/mol. The Kier molecular flexibility index (Phi) is 3.00. The van der Waals surface area contributed by atoms with Crippen molar-refractivity contribution < 1.29 is 4.79 Å². The van der Waals surface area contributed by atoms with Gasteiger partial charge in [-0.05, 0) is 43.5 Å². The van der Waals surface area contributed by atoms with Crippen molar-refractivity contribution in [2.75, 3.05) is 5.32 Å². The lowest BCUT2D eigenvalue weighted by Gasteiger charge is -2.19. The molecule has 21 heavy (non-hydrogen) atoms. The van der Waals surface area contributed by atoms with Crippen molar-refractivity contribution in [2.45, 2.75) is 31.3 Å². The lowest BCUT2D eigenvalue weighted by Crippen LogP contribution is -2.32. The summed E-state index contributed by atoms with van der Waals surface area (Å²) in [6.07, 6.45) is 6.93. The van der Waals surface area contributed by atoms with Crippen LogP contribution in [0.1, 0.15) is 19.3 Å². The smallest absolute Gasteiger partial charge is 0.229 e. The maximum Gasteiger partial charge on any atom is 0.229 e. The molecular formula is C16H18N4O. The van der Waals surface area contributed by atoms with Gasteiger partial charge in [0.2, 0.25) is 5.91 Å². The summed E-state index contributed by atoms with van der Waals surface area (Å²) in [6.45, 7) is 0. The SMILES string of the molecule is O=C(Nc1cccc(-n2cccn2)c1)C1CC2CCC1N2. The number of fused-ring (bicyclic) bond motifs is 2. The van der Waals surface area contributed by atoms with Crippen LogP contribution in [0.3, 0.4) is 0 Å². The second kappa shape index (κ2) is 5.00. The predicted molar refractivity (Wildman–Crippen MR) is 80.2 cm³/mol. The van der Waals surface area contributed by atoms with Gasteiger partial charge in [0.15, 0.2) is 0 Å². The van der Waals surface area contributed by atoms with Crippen LogP contribution >= 0.6 is 0 Å². The third-order valence-electron chi connectivity index (χ3n) is 4.52. The first-order valence-electron chi connectivity index (χ1n) is 7.46. The molecule has 1 amide bonds. The number of benzene rings is 1. The number of anilines is 1. The summed E-state index contributed by atoms with van der Waals surface area (Å²) in [7, 11) is 0. The third-order valence-corrected chi connectivity index (χ3v) is 4.52. The van der Waals surface area contributed by atoms with Gasteiger partial charge < -0.3 is 10.6 Å². The lowest BCUT2D eigenvalue weighted by molar-refractivity contribution is -0.120. The molecule has 2 aliphatic heterocycles. The first kappa shape index (κ1) is 12.6. The monoisotopic (exact) mass is 282 g/mol. The Morgan fingerprint density at radius 1 is 1.33 bits per heavy atom. The molecule has 5 nitrogen and oxygen atoms in total. The molecule has 0 aliphatic carbocycles. The van der Waals surface area contributed by atoms with E-state index in [1.807, 2.05) is 36.5 Å². The van der Waals surface area contributed by atoms with Crippen LogP contribution in [0.25, 0.3) is 5.69 Å². The second-order valence-corrected chi connectivity index (χ2v) is 5.88. The number of hydrogen-bond acceptors (Lipinski definition) is 3. The van der Waals surface area contributed by atoms with E-state index in [0.717, 1.165) is 24.2 Å². The van der Waals surface area contributed by atoms with E-state index in [2.05, 4.69) is 15.7 Å². The molecule has 2 bridgehead atoms. The van der Waals surface area contributed by atoms with Gasteiger partial charge in [-0.2, -0.15) is 5.10 Å². The van der Waals surface area contributed by atoms with Gasteiger partial charge in [0, 0.05) is 30.2 Å². The maximum atomic E-state index is 12.4. The van der Waals surface area contributed by atoms with E-state index in [1.54, 1.807) is 10.9 Å². The van der Waals surface area contributed by atoms with Crippen LogP contribution in [0.5, 0.6) is 0 Å². The minimum Gasteiger partial charge on any atom is -0.326 e. The van der Waals surface area contributed by atoms with Crippen molar-refractivity contribution in [1.29, 1.82) is 0 Å². The zero-order valence-corrected chi connectivity index (χ0v) is 11.7. The molecule has 0 radical (unpaired) electrons. The standard InChI is InChI=1S/C16H18N4O/c21-16(14-10-12-5-6-15(14)18-12)19-11-3-1-4-13(9-11)20-8-2-7-17-20/h1-4,7-9,12,14-15,18H,5-6,10H2,(H,19,21). The normalized spacial score (nSPS) is 27.0. The Morgan fingerprint density at radius 3 is 3.00 bits per heavy atom. The molecule has 3 unspecified atom stereocenters. The van der Waals surface area contributed by atoms with Gasteiger partial charge in [0.1, 0.15) is 0 Å². The van der Waals surface area contributed by atoms with Crippen LogP contribution < -0.4 is 10.6 Å². The molecule has 5 heteroatoms. The highest BCUT2D eigenvalue weighted by molar-refractivity contribution is 5.93. The highest BCUT2D eigenvalue weighted by Gasteiger charge is 2.42. The quantitative estimate of drug-likeness (QED) is 0.904. The molecule has 2 aliphatic rings. The highest BCUT2D eigenvalue weighted by Crippen LogP contribution is 2.33. The van der Waals surface area contributed by atoms with Crippen molar-refractivity contribution in [3.05, 3.63) is 42.7 Å². The Labute approximate surface area is 123 Å². The van der Waals surface area contributed by atoms with Gasteiger partial charge in [-0.25, -0.2) is 4.68 Å². The maximum absolute atomic E-state index is 12.4. The van der Waals surface area contributed by atoms with Crippen LogP contribution in [-0.2, 0) is 4.79 Å². The molecule has 0 spiro atoms. The number of carbonyl (C=O) groups is 1. The number of carbonyl (C=O) groups excluding carboxylic acids is 1. The largest absolute Gasteiger partial charge is 0.326 e. The van der Waals surface area contributed by atoms with Gasteiger partial charge in [-0.15, -0.1) is 0 Å². The minimum absolute atomic E-state index is 0.108. The van der Waals surface area contributed by atoms with Gasteiger partial charge in [-0.1, -0.05) is 6.07 Å². The van der Waals surface area contributed by atoms with E-state index in [1.165, 1.54) is 6.42 Å². The summed E-state index contributed by atoms with van der Waals surface area (Å²) in [5.41, 5.74) is 1.78. The molecule has 1 aromatic heterocycles. The van der Waals surface area contributed by atoms with E-state index in [9.17, 15) is 4.79 Å². The van der Waals surface area contributed by atoms with Crippen LogP contribution in [0, 0.1) is 5.92 Å². The van der Waals surface area contributed by atoms with Gasteiger partial charge in [0.25, 0.3) is 0 Å². The fourth-order valence-corrected chi connectivity index (χ4v) is 3.50. The van der Waals surface area contributed by atoms with Gasteiger partial charge in [-0.3, -0.25) is 4.79 Å². The zero-order valence-electron chi connectivity index (χ0n) is 11.7. The van der Waals surface area contributed by atoms with Gasteiger partial charge in [0.05, 0.1) is 11.6 Å². The first-order chi connectivity index (χ1) is 10.3. The Hall–Kier alpha value is -2.14. The van der Waals surface area contributed by atoms with E-state index in [0.29, 0.717) is 12.1 Å². The number of nitrogens with zero attached hydrogens (tertiary/aromatic N) is 2. The minimum atomic E-state index is 0.108. The Balaban J connectivity index is 1.50. The average molecular weight is 282 g/mol. The third kappa shape index (κ3) is 2.34. The number of rotatable bonds is 3. The van der Waals surface area contributed by atoms with Crippen LogP contribution in [0.2, 0.25) is 0 Å². The summed E-state index contributed by atoms with van der Waals surface area (Å²) in [5.74, 6) is 0.240. The summed E-state index contributed by atoms with van der Waals surface area (Å²) >= 11 is 0. The number of aromatic nitrogens is 2. The molecule has 2 fully saturated rings. The number of amides is 1. The predicted octanol–water partition coefficient (Wildman–Crippen LogP) is 1.95. The van der Waals surface area contributed by atoms with E-state index < -0.39 is 0 Å². The summed E-state index contributed by atoms with van der Waals surface area (Å²) in [6, 6.07) is 10.6. The highest BCUT2D eigenvalue weighted by atomic mass is 16.2. The molecule has 108 valence electrons. The van der Waals surface area contributed by atoms with E-state index in [-0.39, 0.29) is 11.8 Å². The fraction of sp³-hybridized carbons (Fsp3) is 0.375. The molecule has 2 saturated heterocycles. The van der Waals surface area contributed by atoms with E-state index >= 15 is 0 Å². The van der Waals surface area contributed by atoms with Crippen molar-refractivity contribution in [3.63, 3.8) is 0 Å². The van der Waals surface area contributed by atoms with Crippen molar-refractivity contribution in [3.8, 4) is 5.69 Å². The molecule has 3 atom stereocenters. The topological polar surface area (TPSA) is 59.0 Å². The second-order valence-electron chi connectivity index (χ2n) is 5.88. The van der Waals surface area contributed by atoms with Crippen molar-refractivity contribution in [2.24, 2.45) is 5.92 Å². The van der Waals surface area contributed by atoms with E-state index in [4.69, 9.17) is 0 Å². The van der Waals surface area contributed by atoms with Crippen molar-refractivity contribution in [1.82, 2.24) is 15.1 Å². The van der Waals surface area contributed by atoms with Crippen molar-refractivity contribution >= 4 is 11.6 Å². The molecule has 4 rings (SSSR count). The molecule has 1 aromatic carbocycles. The summed E-state index contributed by atoms with van der Waals surface area (Å²) in [4.78, 5) is 12.4.